The molecule has 7 heteroatoms. The van der Waals surface area contributed by atoms with E-state index in [2.05, 4.69) is 15.3 Å². The van der Waals surface area contributed by atoms with Gasteiger partial charge in [-0.05, 0) is 49.9 Å². The first-order chi connectivity index (χ1) is 13.0. The molecule has 1 amide bonds. The second-order valence-corrected chi connectivity index (χ2v) is 6.89. The number of carbonyl (C=O) groups excluding carboxylic acids is 1. The lowest BCUT2D eigenvalue weighted by Crippen LogP contribution is -2.38. The topological polar surface area (TPSA) is 78.0 Å². The molecule has 1 aliphatic carbocycles. The maximum atomic E-state index is 14.7. The Morgan fingerprint density at radius 1 is 1.15 bits per heavy atom. The molecule has 0 saturated heterocycles. The summed E-state index contributed by atoms with van der Waals surface area (Å²) in [5, 5.41) is 12.9. The van der Waals surface area contributed by atoms with Gasteiger partial charge in [-0.1, -0.05) is 0 Å². The van der Waals surface area contributed by atoms with Gasteiger partial charge in [-0.3, -0.25) is 9.78 Å². The Morgan fingerprint density at radius 2 is 1.93 bits per heavy atom. The van der Waals surface area contributed by atoms with Gasteiger partial charge in [0.25, 0.3) is 5.91 Å². The summed E-state index contributed by atoms with van der Waals surface area (Å²) in [6.45, 7) is 0. The molecule has 1 saturated carbocycles. The summed E-state index contributed by atoms with van der Waals surface area (Å²) < 4.78 is 28.5. The Hall–Kier alpha value is -2.80. The molecule has 0 unspecified atom stereocenters. The fourth-order valence-corrected chi connectivity index (χ4v) is 3.57. The van der Waals surface area contributed by atoms with Gasteiger partial charge in [0.2, 0.25) is 0 Å². The number of hydrogen-bond donors (Lipinski definition) is 3. The Balaban J connectivity index is 1.58. The van der Waals surface area contributed by atoms with Gasteiger partial charge in [0.05, 0.1) is 23.5 Å². The molecule has 0 radical (unpaired) electrons. The Kier molecular flexibility index (Phi) is 4.61. The molecule has 27 heavy (non-hydrogen) atoms. The largest absolute Gasteiger partial charge is 0.393 e. The summed E-state index contributed by atoms with van der Waals surface area (Å²) in [5.41, 5.74) is 1.01. The molecule has 140 valence electrons. The lowest BCUT2D eigenvalue weighted by atomic mass is 9.93. The van der Waals surface area contributed by atoms with Crippen LogP contribution in [0, 0.1) is 11.6 Å². The van der Waals surface area contributed by atoms with Crippen molar-refractivity contribution < 1.29 is 18.7 Å². The number of pyridine rings is 1. The standard InChI is InChI=1S/C20H19F2N3O2/c21-16-9-11(20(27)25-12-2-4-13(26)5-3-12)1-6-14(16)18-15-7-8-23-19(15)17(22)10-24-18/h1,6-10,12-13,23,26H,2-5H2,(H,25,27)/t12-,13+. The summed E-state index contributed by atoms with van der Waals surface area (Å²) >= 11 is 0. The van der Waals surface area contributed by atoms with Gasteiger partial charge in [-0.15, -0.1) is 0 Å². The molecule has 5 nitrogen and oxygen atoms in total. The minimum absolute atomic E-state index is 0.0121. The monoisotopic (exact) mass is 371 g/mol. The number of fused-ring (bicyclic) bond motifs is 1. The zero-order valence-corrected chi connectivity index (χ0v) is 14.5. The van der Waals surface area contributed by atoms with E-state index in [1.807, 2.05) is 0 Å². The first-order valence-electron chi connectivity index (χ1n) is 8.93. The number of aliphatic hydroxyl groups excluding tert-OH is 1. The first kappa shape index (κ1) is 17.6. The molecule has 0 aliphatic heterocycles. The highest BCUT2D eigenvalue weighted by Gasteiger charge is 2.22. The molecule has 3 aromatic rings. The molecular formula is C20H19F2N3O2. The number of hydrogen-bond acceptors (Lipinski definition) is 3. The zero-order valence-electron chi connectivity index (χ0n) is 14.5. The molecule has 2 heterocycles. The molecule has 1 aliphatic rings. The van der Waals surface area contributed by atoms with E-state index in [1.165, 1.54) is 18.2 Å². The number of nitrogens with zero attached hydrogens (tertiary/aromatic N) is 1. The second kappa shape index (κ2) is 7.08. The molecule has 1 aromatic carbocycles. The molecule has 0 atom stereocenters. The van der Waals surface area contributed by atoms with E-state index < -0.39 is 11.6 Å². The van der Waals surface area contributed by atoms with Crippen LogP contribution in [0.3, 0.4) is 0 Å². The van der Waals surface area contributed by atoms with Crippen LogP contribution >= 0.6 is 0 Å². The summed E-state index contributed by atoms with van der Waals surface area (Å²) in [5.74, 6) is -1.45. The van der Waals surface area contributed by atoms with E-state index in [0.29, 0.717) is 36.8 Å². The second-order valence-electron chi connectivity index (χ2n) is 6.89. The van der Waals surface area contributed by atoms with Crippen LogP contribution in [0.25, 0.3) is 22.2 Å². The van der Waals surface area contributed by atoms with Gasteiger partial charge in [-0.2, -0.15) is 0 Å². The number of rotatable bonds is 3. The van der Waals surface area contributed by atoms with Crippen molar-refractivity contribution in [2.45, 2.75) is 37.8 Å². The third-order valence-electron chi connectivity index (χ3n) is 5.07. The minimum Gasteiger partial charge on any atom is -0.393 e. The summed E-state index contributed by atoms with van der Waals surface area (Å²) in [6, 6.07) is 5.82. The molecule has 4 rings (SSSR count). The third-order valence-corrected chi connectivity index (χ3v) is 5.07. The van der Waals surface area contributed by atoms with Gasteiger partial charge in [-0.25, -0.2) is 8.78 Å². The zero-order chi connectivity index (χ0) is 19.0. The molecule has 0 spiro atoms. The maximum absolute atomic E-state index is 14.7. The lowest BCUT2D eigenvalue weighted by molar-refractivity contribution is 0.0867. The summed E-state index contributed by atoms with van der Waals surface area (Å²) in [4.78, 5) is 19.2. The average molecular weight is 371 g/mol. The van der Waals surface area contributed by atoms with Crippen molar-refractivity contribution in [2.24, 2.45) is 0 Å². The number of halogens is 2. The minimum atomic E-state index is -0.594. The predicted molar refractivity (Wildman–Crippen MR) is 97.2 cm³/mol. The lowest BCUT2D eigenvalue weighted by Gasteiger charge is -2.26. The van der Waals surface area contributed by atoms with E-state index in [0.717, 1.165) is 6.20 Å². The van der Waals surface area contributed by atoms with Gasteiger partial charge < -0.3 is 15.4 Å². The van der Waals surface area contributed by atoms with Crippen LogP contribution in [0.15, 0.2) is 36.7 Å². The maximum Gasteiger partial charge on any atom is 0.251 e. The van der Waals surface area contributed by atoms with Crippen LogP contribution in [0.5, 0.6) is 0 Å². The van der Waals surface area contributed by atoms with E-state index in [4.69, 9.17) is 0 Å². The molecule has 2 aromatic heterocycles. The Labute approximate surface area is 154 Å². The van der Waals surface area contributed by atoms with Crippen molar-refractivity contribution in [3.8, 4) is 11.3 Å². The number of aromatic amines is 1. The fraction of sp³-hybridized carbons (Fsp3) is 0.300. The van der Waals surface area contributed by atoms with Crippen LogP contribution in [0.2, 0.25) is 0 Å². The van der Waals surface area contributed by atoms with Gasteiger partial charge in [0.15, 0.2) is 5.82 Å². The van der Waals surface area contributed by atoms with Crippen LogP contribution in [-0.2, 0) is 0 Å². The van der Waals surface area contributed by atoms with Crippen LogP contribution in [0.4, 0.5) is 8.78 Å². The van der Waals surface area contributed by atoms with Crippen LogP contribution in [-0.4, -0.2) is 33.1 Å². The average Bonchev–Trinajstić information content (AvgIpc) is 3.15. The molecule has 1 fully saturated rings. The first-order valence-corrected chi connectivity index (χ1v) is 8.93. The van der Waals surface area contributed by atoms with Gasteiger partial charge >= 0.3 is 0 Å². The summed E-state index contributed by atoms with van der Waals surface area (Å²) in [6.07, 6.45) is 5.04. The number of aromatic nitrogens is 2. The predicted octanol–water partition coefficient (Wildman–Crippen LogP) is 3.54. The van der Waals surface area contributed by atoms with E-state index in [-0.39, 0.29) is 34.7 Å². The van der Waals surface area contributed by atoms with Crippen LogP contribution < -0.4 is 5.32 Å². The van der Waals surface area contributed by atoms with Crippen molar-refractivity contribution in [1.29, 1.82) is 0 Å². The molecular weight excluding hydrogens is 352 g/mol. The Bertz CT molecular complexity index is 994. The number of amides is 1. The van der Waals surface area contributed by atoms with Crippen molar-refractivity contribution >= 4 is 16.8 Å². The number of carbonyl (C=O) groups is 1. The van der Waals surface area contributed by atoms with E-state index in [1.54, 1.807) is 12.3 Å². The third kappa shape index (κ3) is 3.42. The SMILES string of the molecule is O=C(N[C@H]1CC[C@@H](O)CC1)c1ccc(-c2ncc(F)c3[nH]ccc23)c(F)c1. The number of benzene rings is 1. The van der Waals surface area contributed by atoms with Crippen molar-refractivity contribution in [1.82, 2.24) is 15.3 Å². The molecule has 3 N–H and O–H groups in total. The number of aliphatic hydroxyl groups is 1. The fourth-order valence-electron chi connectivity index (χ4n) is 3.57. The van der Waals surface area contributed by atoms with Crippen LogP contribution in [0.1, 0.15) is 36.0 Å². The summed E-state index contributed by atoms with van der Waals surface area (Å²) in [7, 11) is 0. The number of H-pyrrole nitrogens is 1. The van der Waals surface area contributed by atoms with E-state index >= 15 is 0 Å². The molecule has 0 bridgehead atoms. The Morgan fingerprint density at radius 3 is 2.67 bits per heavy atom. The highest BCUT2D eigenvalue weighted by Crippen LogP contribution is 2.30. The van der Waals surface area contributed by atoms with Crippen molar-refractivity contribution in [2.75, 3.05) is 0 Å². The normalized spacial score (nSPS) is 20.0. The quantitative estimate of drug-likeness (QED) is 0.659. The highest BCUT2D eigenvalue weighted by molar-refractivity contribution is 5.96. The van der Waals surface area contributed by atoms with E-state index in [9.17, 15) is 18.7 Å². The smallest absolute Gasteiger partial charge is 0.251 e. The van der Waals surface area contributed by atoms with Crippen molar-refractivity contribution in [3.05, 3.63) is 53.9 Å². The number of nitrogens with one attached hydrogen (secondary N) is 2. The van der Waals surface area contributed by atoms with Crippen molar-refractivity contribution in [3.63, 3.8) is 0 Å². The van der Waals surface area contributed by atoms with Gasteiger partial charge in [0, 0.05) is 28.8 Å². The van der Waals surface area contributed by atoms with Gasteiger partial charge in [0.1, 0.15) is 5.82 Å². The highest BCUT2D eigenvalue weighted by atomic mass is 19.1.